The molecule has 0 aromatic carbocycles. The van der Waals surface area contributed by atoms with E-state index in [2.05, 4.69) is 15.5 Å². The summed E-state index contributed by atoms with van der Waals surface area (Å²) in [5, 5.41) is 5.88. The first kappa shape index (κ1) is 16.2. The average molecular weight is 322 g/mol. The fourth-order valence-corrected chi connectivity index (χ4v) is 3.65. The van der Waals surface area contributed by atoms with Crippen LogP contribution in [0.25, 0.3) is 0 Å². The maximum absolute atomic E-state index is 12.6. The zero-order valence-electron chi connectivity index (χ0n) is 13.9. The van der Waals surface area contributed by atoms with Crippen molar-refractivity contribution in [3.05, 3.63) is 0 Å². The fraction of sp³-hybridized carbons (Fsp3) is 0.812. The highest BCUT2D eigenvalue weighted by Crippen LogP contribution is 2.32. The van der Waals surface area contributed by atoms with Crippen LogP contribution in [-0.4, -0.2) is 65.4 Å². The molecule has 0 spiro atoms. The van der Waals surface area contributed by atoms with Crippen LogP contribution in [0.5, 0.6) is 0 Å². The van der Waals surface area contributed by atoms with Crippen molar-refractivity contribution in [1.82, 2.24) is 20.4 Å². The largest absolute Gasteiger partial charge is 0.352 e. The van der Waals surface area contributed by atoms with Crippen LogP contribution in [0.3, 0.4) is 0 Å². The van der Waals surface area contributed by atoms with Crippen molar-refractivity contribution in [3.8, 4) is 0 Å². The Morgan fingerprint density at radius 3 is 2.70 bits per heavy atom. The summed E-state index contributed by atoms with van der Waals surface area (Å²) in [4.78, 5) is 39.9. The van der Waals surface area contributed by atoms with E-state index in [-0.39, 0.29) is 23.8 Å². The molecule has 7 heteroatoms. The summed E-state index contributed by atoms with van der Waals surface area (Å²) in [5.74, 6) is -0.0347. The molecule has 2 aliphatic heterocycles. The number of hydrogen-bond acceptors (Lipinski definition) is 4. The number of carbonyl (C=O) groups excluding carboxylic acids is 3. The third-order valence-corrected chi connectivity index (χ3v) is 5.25. The molecule has 3 aliphatic rings. The first-order valence-electron chi connectivity index (χ1n) is 8.60. The Kier molecular flexibility index (Phi) is 4.31. The minimum absolute atomic E-state index is 0.0398. The molecule has 0 bridgehead atoms. The standard InChI is InChI=1S/C16H26N4O3/c1-3-20-14(22)16(2,18-15(20)23)11-5-4-8-19(9-11)10-13(21)17-12-6-7-12/h11-12H,3-10H2,1-2H3,(H,17,21)(H,18,23)/t11-,16+/m0/s1. The normalized spacial score (nSPS) is 32.1. The van der Waals surface area contributed by atoms with Gasteiger partial charge in [-0.15, -0.1) is 0 Å². The second-order valence-electron chi connectivity index (χ2n) is 7.10. The molecular formula is C16H26N4O3. The first-order valence-corrected chi connectivity index (χ1v) is 8.60. The lowest BCUT2D eigenvalue weighted by Crippen LogP contribution is -2.56. The average Bonchev–Trinajstić information content (AvgIpc) is 3.27. The summed E-state index contributed by atoms with van der Waals surface area (Å²) >= 11 is 0. The van der Waals surface area contributed by atoms with Crippen LogP contribution in [0.15, 0.2) is 0 Å². The number of rotatable bonds is 5. The van der Waals surface area contributed by atoms with Crippen LogP contribution >= 0.6 is 0 Å². The molecular weight excluding hydrogens is 296 g/mol. The number of urea groups is 1. The van der Waals surface area contributed by atoms with Gasteiger partial charge in [0.2, 0.25) is 5.91 Å². The predicted molar refractivity (Wildman–Crippen MR) is 84.7 cm³/mol. The predicted octanol–water partition coefficient (Wildman–Crippen LogP) is 0.307. The van der Waals surface area contributed by atoms with Gasteiger partial charge >= 0.3 is 6.03 Å². The second-order valence-corrected chi connectivity index (χ2v) is 7.10. The van der Waals surface area contributed by atoms with Crippen LogP contribution in [-0.2, 0) is 9.59 Å². The van der Waals surface area contributed by atoms with E-state index in [1.165, 1.54) is 4.90 Å². The minimum atomic E-state index is -0.848. The molecule has 3 fully saturated rings. The van der Waals surface area contributed by atoms with Gasteiger partial charge in [-0.2, -0.15) is 0 Å². The van der Waals surface area contributed by atoms with Gasteiger partial charge in [-0.1, -0.05) is 0 Å². The highest BCUT2D eigenvalue weighted by Gasteiger charge is 2.52. The summed E-state index contributed by atoms with van der Waals surface area (Å²) in [7, 11) is 0. The molecule has 128 valence electrons. The van der Waals surface area contributed by atoms with Gasteiger partial charge < -0.3 is 10.6 Å². The van der Waals surface area contributed by atoms with Crippen molar-refractivity contribution in [2.75, 3.05) is 26.2 Å². The first-order chi connectivity index (χ1) is 10.9. The quantitative estimate of drug-likeness (QED) is 0.714. The molecule has 0 aromatic heterocycles. The Morgan fingerprint density at radius 2 is 2.09 bits per heavy atom. The van der Waals surface area contributed by atoms with Gasteiger partial charge in [0, 0.05) is 25.0 Å². The number of nitrogens with zero attached hydrogens (tertiary/aromatic N) is 2. The van der Waals surface area contributed by atoms with Crippen molar-refractivity contribution in [2.45, 2.75) is 51.1 Å². The van der Waals surface area contributed by atoms with E-state index in [1.54, 1.807) is 6.92 Å². The zero-order valence-corrected chi connectivity index (χ0v) is 13.9. The molecule has 4 amide bonds. The number of amides is 4. The van der Waals surface area contributed by atoms with Crippen molar-refractivity contribution in [2.24, 2.45) is 5.92 Å². The van der Waals surface area contributed by atoms with Crippen molar-refractivity contribution < 1.29 is 14.4 Å². The Balaban J connectivity index is 1.62. The van der Waals surface area contributed by atoms with Gasteiger partial charge in [0.25, 0.3) is 5.91 Å². The van der Waals surface area contributed by atoms with E-state index < -0.39 is 5.54 Å². The van der Waals surface area contributed by atoms with Crippen LogP contribution in [0.1, 0.15) is 39.5 Å². The highest BCUT2D eigenvalue weighted by molar-refractivity contribution is 6.07. The third kappa shape index (κ3) is 3.20. The van der Waals surface area contributed by atoms with Crippen LogP contribution in [0.2, 0.25) is 0 Å². The monoisotopic (exact) mass is 322 g/mol. The van der Waals surface area contributed by atoms with Gasteiger partial charge in [-0.25, -0.2) is 4.79 Å². The molecule has 2 heterocycles. The molecule has 2 atom stereocenters. The van der Waals surface area contributed by atoms with Crippen molar-refractivity contribution >= 4 is 17.8 Å². The van der Waals surface area contributed by atoms with Gasteiger partial charge in [-0.3, -0.25) is 19.4 Å². The molecule has 1 saturated carbocycles. The number of piperidine rings is 1. The van der Waals surface area contributed by atoms with E-state index in [0.717, 1.165) is 32.2 Å². The summed E-state index contributed by atoms with van der Waals surface area (Å²) in [6, 6.07) is 0.0676. The molecule has 2 N–H and O–H groups in total. The summed E-state index contributed by atoms with van der Waals surface area (Å²) in [5.41, 5.74) is -0.848. The Bertz CT molecular complexity index is 519. The van der Waals surface area contributed by atoms with E-state index in [1.807, 2.05) is 6.92 Å². The molecule has 0 aromatic rings. The van der Waals surface area contributed by atoms with Crippen molar-refractivity contribution in [3.63, 3.8) is 0 Å². The number of likely N-dealkylation sites (tertiary alicyclic amines) is 1. The maximum Gasteiger partial charge on any atom is 0.325 e. The van der Waals surface area contributed by atoms with Crippen LogP contribution in [0, 0.1) is 5.92 Å². The third-order valence-electron chi connectivity index (χ3n) is 5.25. The van der Waals surface area contributed by atoms with Gasteiger partial charge in [0.15, 0.2) is 0 Å². The molecule has 0 unspecified atom stereocenters. The van der Waals surface area contributed by atoms with Gasteiger partial charge in [0.1, 0.15) is 5.54 Å². The second kappa shape index (κ2) is 6.11. The van der Waals surface area contributed by atoms with Crippen LogP contribution < -0.4 is 10.6 Å². The lowest BCUT2D eigenvalue weighted by atomic mass is 9.80. The molecule has 1 aliphatic carbocycles. The van der Waals surface area contributed by atoms with E-state index in [9.17, 15) is 14.4 Å². The smallest absolute Gasteiger partial charge is 0.325 e. The zero-order chi connectivity index (χ0) is 16.6. The topological polar surface area (TPSA) is 81.8 Å². The maximum atomic E-state index is 12.6. The van der Waals surface area contributed by atoms with Gasteiger partial charge in [-0.05, 0) is 46.1 Å². The Morgan fingerprint density at radius 1 is 1.35 bits per heavy atom. The number of nitrogens with one attached hydrogen (secondary N) is 2. The minimum Gasteiger partial charge on any atom is -0.352 e. The Labute approximate surface area is 136 Å². The number of carbonyl (C=O) groups is 3. The van der Waals surface area contributed by atoms with Crippen molar-refractivity contribution in [1.29, 1.82) is 0 Å². The lowest BCUT2D eigenvalue weighted by Gasteiger charge is -2.39. The summed E-state index contributed by atoms with van der Waals surface area (Å²) in [6.07, 6.45) is 3.99. The number of likely N-dealkylation sites (N-methyl/N-ethyl adjacent to an activating group) is 1. The van der Waals surface area contributed by atoms with Crippen LogP contribution in [0.4, 0.5) is 4.79 Å². The van der Waals surface area contributed by atoms with Gasteiger partial charge in [0.05, 0.1) is 6.54 Å². The number of hydrogen-bond donors (Lipinski definition) is 2. The van der Waals surface area contributed by atoms with E-state index in [4.69, 9.17) is 0 Å². The summed E-state index contributed by atoms with van der Waals surface area (Å²) < 4.78 is 0. The van der Waals surface area contributed by atoms with E-state index in [0.29, 0.717) is 25.7 Å². The molecule has 2 saturated heterocycles. The Hall–Kier alpha value is -1.63. The molecule has 23 heavy (non-hydrogen) atoms. The SMILES string of the molecule is CCN1C(=O)N[C@](C)([C@H]2CCCN(CC(=O)NC3CC3)C2)C1=O. The fourth-order valence-electron chi connectivity index (χ4n) is 3.65. The molecule has 7 nitrogen and oxygen atoms in total. The number of imide groups is 1. The van der Waals surface area contributed by atoms with E-state index >= 15 is 0 Å². The molecule has 0 radical (unpaired) electrons. The highest BCUT2D eigenvalue weighted by atomic mass is 16.2. The molecule has 3 rings (SSSR count). The lowest BCUT2D eigenvalue weighted by molar-refractivity contribution is -0.133. The summed E-state index contributed by atoms with van der Waals surface area (Å²) in [6.45, 7) is 5.92.